The van der Waals surface area contributed by atoms with Gasteiger partial charge in [0.1, 0.15) is 28.5 Å². The Bertz CT molecular complexity index is 1240. The van der Waals surface area contributed by atoms with E-state index >= 15 is 0 Å². The number of hydrogen-bond donors (Lipinski definition) is 1. The van der Waals surface area contributed by atoms with E-state index in [0.29, 0.717) is 21.2 Å². The van der Waals surface area contributed by atoms with E-state index in [4.69, 9.17) is 26.8 Å². The van der Waals surface area contributed by atoms with Gasteiger partial charge in [0.05, 0.1) is 29.4 Å². The second kappa shape index (κ2) is 10.4. The number of pyridine rings is 1. The molecule has 0 fully saturated rings. The number of thioether (sulfide) groups is 1. The molecular weight excluding hydrogens is 460 g/mol. The second-order valence-electron chi connectivity index (χ2n) is 7.19. The Morgan fingerprint density at radius 1 is 1.27 bits per heavy atom. The summed E-state index contributed by atoms with van der Waals surface area (Å²) in [6.07, 6.45) is 0. The predicted octanol–water partition coefficient (Wildman–Crippen LogP) is 4.64. The van der Waals surface area contributed by atoms with Gasteiger partial charge in [-0.25, -0.2) is 9.78 Å². The lowest BCUT2D eigenvalue weighted by Gasteiger charge is -2.28. The molecule has 1 atom stereocenters. The number of carbonyl (C=O) groups is 1. The van der Waals surface area contributed by atoms with E-state index in [-0.39, 0.29) is 35.1 Å². The second-order valence-corrected chi connectivity index (χ2v) is 8.60. The van der Waals surface area contributed by atoms with E-state index in [2.05, 4.69) is 17.1 Å². The highest BCUT2D eigenvalue weighted by Crippen LogP contribution is 2.41. The van der Waals surface area contributed by atoms with E-state index in [1.165, 1.54) is 11.8 Å². The standard InChI is InChI=1S/C24H21ClN4O3S/c1-4-31-24(30)21-19(12-33-23-17(10-26)13(2)9-14(3)29-23)32-22(28)18(11-27)20(21)15-5-7-16(25)8-6-15/h5-9,20H,4,12,28H2,1-3H3/t20-/m0/s1. The lowest BCUT2D eigenvalue weighted by Crippen LogP contribution is -2.27. The first-order valence-corrected chi connectivity index (χ1v) is 11.4. The molecule has 2 N–H and O–H groups in total. The third-order valence-corrected chi connectivity index (χ3v) is 6.19. The van der Waals surface area contributed by atoms with E-state index in [1.807, 2.05) is 19.9 Å². The molecule has 1 aromatic heterocycles. The van der Waals surface area contributed by atoms with Crippen molar-refractivity contribution in [2.75, 3.05) is 12.4 Å². The fourth-order valence-electron chi connectivity index (χ4n) is 3.52. The van der Waals surface area contributed by atoms with Crippen LogP contribution in [0.25, 0.3) is 0 Å². The van der Waals surface area contributed by atoms with Crippen molar-refractivity contribution < 1.29 is 14.3 Å². The topological polar surface area (TPSA) is 122 Å². The normalized spacial score (nSPS) is 15.5. The van der Waals surface area contributed by atoms with Crippen LogP contribution in [0.5, 0.6) is 0 Å². The van der Waals surface area contributed by atoms with Crippen molar-refractivity contribution in [3.05, 3.63) is 80.5 Å². The number of esters is 1. The number of halogens is 1. The van der Waals surface area contributed by atoms with Gasteiger partial charge in [-0.1, -0.05) is 35.5 Å². The lowest BCUT2D eigenvalue weighted by atomic mass is 9.83. The zero-order valence-electron chi connectivity index (χ0n) is 18.3. The molecule has 2 heterocycles. The van der Waals surface area contributed by atoms with Crippen molar-refractivity contribution >= 4 is 29.3 Å². The van der Waals surface area contributed by atoms with Crippen LogP contribution in [-0.2, 0) is 14.3 Å². The van der Waals surface area contributed by atoms with Crippen LogP contribution in [0.1, 0.15) is 35.2 Å². The van der Waals surface area contributed by atoms with E-state index in [9.17, 15) is 15.3 Å². The number of benzene rings is 1. The first-order valence-electron chi connectivity index (χ1n) is 10.0. The number of nitrogens with two attached hydrogens (primary N) is 1. The monoisotopic (exact) mass is 480 g/mol. The maximum Gasteiger partial charge on any atom is 0.338 e. The quantitative estimate of drug-likeness (QED) is 0.468. The minimum atomic E-state index is -0.779. The molecule has 0 saturated heterocycles. The van der Waals surface area contributed by atoms with Gasteiger partial charge >= 0.3 is 5.97 Å². The summed E-state index contributed by atoms with van der Waals surface area (Å²) in [5.74, 6) is -1.07. The summed E-state index contributed by atoms with van der Waals surface area (Å²) >= 11 is 7.28. The first kappa shape index (κ1) is 24.2. The lowest BCUT2D eigenvalue weighted by molar-refractivity contribution is -0.139. The summed E-state index contributed by atoms with van der Waals surface area (Å²) in [5.41, 5.74) is 9.06. The van der Waals surface area contributed by atoms with Crippen molar-refractivity contribution in [1.29, 1.82) is 10.5 Å². The van der Waals surface area contributed by atoms with Crippen LogP contribution in [-0.4, -0.2) is 23.3 Å². The summed E-state index contributed by atoms with van der Waals surface area (Å²) in [5, 5.41) is 20.4. The van der Waals surface area contributed by atoms with Gasteiger partial charge in [-0.05, 0) is 50.1 Å². The molecule has 1 aromatic carbocycles. The number of rotatable bonds is 6. The van der Waals surface area contributed by atoms with E-state index in [0.717, 1.165) is 11.3 Å². The molecule has 0 radical (unpaired) electrons. The molecule has 0 aliphatic carbocycles. The molecule has 0 bridgehead atoms. The number of carbonyl (C=O) groups excluding carboxylic acids is 1. The van der Waals surface area contributed by atoms with Gasteiger partial charge in [0.2, 0.25) is 5.88 Å². The Kier molecular flexibility index (Phi) is 7.65. The van der Waals surface area contributed by atoms with Gasteiger partial charge in [0.15, 0.2) is 0 Å². The van der Waals surface area contributed by atoms with Crippen LogP contribution < -0.4 is 5.73 Å². The van der Waals surface area contributed by atoms with Crippen molar-refractivity contribution in [2.24, 2.45) is 5.73 Å². The zero-order valence-corrected chi connectivity index (χ0v) is 19.9. The smallest absolute Gasteiger partial charge is 0.338 e. The Labute approximate surface area is 201 Å². The van der Waals surface area contributed by atoms with Gasteiger partial charge < -0.3 is 15.2 Å². The van der Waals surface area contributed by atoms with E-state index < -0.39 is 11.9 Å². The molecule has 0 amide bonds. The minimum Gasteiger partial charge on any atom is -0.463 e. The fraction of sp³-hybridized carbons (Fsp3) is 0.250. The summed E-state index contributed by atoms with van der Waals surface area (Å²) in [7, 11) is 0. The third-order valence-electron chi connectivity index (χ3n) is 4.96. The molecule has 0 saturated carbocycles. The fourth-order valence-corrected chi connectivity index (χ4v) is 4.69. The molecular formula is C24H21ClN4O3S. The highest BCUT2D eigenvalue weighted by atomic mass is 35.5. The predicted molar refractivity (Wildman–Crippen MR) is 125 cm³/mol. The van der Waals surface area contributed by atoms with Crippen LogP contribution in [0, 0.1) is 36.5 Å². The Morgan fingerprint density at radius 2 is 1.97 bits per heavy atom. The molecule has 7 nitrogen and oxygen atoms in total. The molecule has 0 unspecified atom stereocenters. The SMILES string of the molecule is CCOC(=O)C1=C(CSc2nc(C)cc(C)c2C#N)OC(N)=C(C#N)[C@@H]1c1ccc(Cl)cc1. The molecule has 1 aliphatic rings. The van der Waals surface area contributed by atoms with Crippen LogP contribution in [0.2, 0.25) is 5.02 Å². The molecule has 9 heteroatoms. The van der Waals surface area contributed by atoms with Crippen molar-refractivity contribution in [3.63, 3.8) is 0 Å². The highest BCUT2D eigenvalue weighted by Gasteiger charge is 2.37. The Hall–Kier alpha value is -3.46. The third kappa shape index (κ3) is 5.14. The van der Waals surface area contributed by atoms with Crippen LogP contribution >= 0.6 is 23.4 Å². The van der Waals surface area contributed by atoms with Crippen LogP contribution in [0.4, 0.5) is 0 Å². The summed E-state index contributed by atoms with van der Waals surface area (Å²) in [4.78, 5) is 17.5. The molecule has 33 heavy (non-hydrogen) atoms. The summed E-state index contributed by atoms with van der Waals surface area (Å²) < 4.78 is 11.1. The van der Waals surface area contributed by atoms with Crippen LogP contribution in [0.3, 0.4) is 0 Å². The number of ether oxygens (including phenoxy) is 2. The van der Waals surface area contributed by atoms with Gasteiger partial charge in [-0.15, -0.1) is 0 Å². The first-order chi connectivity index (χ1) is 15.8. The average Bonchev–Trinajstić information content (AvgIpc) is 2.77. The Morgan fingerprint density at radius 3 is 2.58 bits per heavy atom. The minimum absolute atomic E-state index is 0.0880. The number of allylic oxidation sites excluding steroid dienone is 1. The molecule has 1 aliphatic heterocycles. The van der Waals surface area contributed by atoms with Gasteiger partial charge in [-0.2, -0.15) is 10.5 Å². The zero-order chi connectivity index (χ0) is 24.1. The van der Waals surface area contributed by atoms with Crippen molar-refractivity contribution in [2.45, 2.75) is 31.7 Å². The summed E-state index contributed by atoms with van der Waals surface area (Å²) in [6, 6.07) is 12.9. The molecule has 2 aromatic rings. The number of hydrogen-bond acceptors (Lipinski definition) is 8. The van der Waals surface area contributed by atoms with Gasteiger partial charge in [0, 0.05) is 10.7 Å². The molecule has 168 valence electrons. The van der Waals surface area contributed by atoms with Crippen molar-refractivity contribution in [1.82, 2.24) is 4.98 Å². The highest BCUT2D eigenvalue weighted by molar-refractivity contribution is 7.99. The van der Waals surface area contributed by atoms with Crippen LogP contribution in [0.15, 0.2) is 58.1 Å². The Balaban J connectivity index is 2.11. The molecule has 3 rings (SSSR count). The number of aryl methyl sites for hydroxylation is 2. The average molecular weight is 481 g/mol. The van der Waals surface area contributed by atoms with Crippen molar-refractivity contribution in [3.8, 4) is 12.1 Å². The maximum atomic E-state index is 13.0. The maximum absolute atomic E-state index is 13.0. The van der Waals surface area contributed by atoms with Gasteiger partial charge in [0.25, 0.3) is 0 Å². The van der Waals surface area contributed by atoms with Gasteiger partial charge in [-0.3, -0.25) is 0 Å². The number of nitriles is 2. The molecule has 0 spiro atoms. The number of aromatic nitrogens is 1. The number of nitrogens with zero attached hydrogens (tertiary/aromatic N) is 3. The van der Waals surface area contributed by atoms with E-state index in [1.54, 1.807) is 31.2 Å². The summed E-state index contributed by atoms with van der Waals surface area (Å²) in [6.45, 7) is 5.53. The largest absolute Gasteiger partial charge is 0.463 e.